The van der Waals surface area contributed by atoms with E-state index in [1.165, 1.54) is 4.70 Å². The van der Waals surface area contributed by atoms with Gasteiger partial charge in [-0.05, 0) is 30.0 Å². The van der Waals surface area contributed by atoms with Crippen LogP contribution in [-0.2, 0) is 17.9 Å². The minimum absolute atomic E-state index is 0.109. The molecule has 0 aliphatic carbocycles. The predicted molar refractivity (Wildman–Crippen MR) is 135 cm³/mol. The minimum Gasteiger partial charge on any atom is -0.418 e. The second-order valence-electron chi connectivity index (χ2n) is 8.42. The lowest BCUT2D eigenvalue weighted by atomic mass is 10.3. The summed E-state index contributed by atoms with van der Waals surface area (Å²) in [5.74, 6) is 1.10. The molecule has 1 saturated heterocycles. The molecule has 0 atom stereocenters. The third-order valence-corrected chi connectivity index (χ3v) is 7.77. The molecule has 1 fully saturated rings. The number of rotatable bonds is 9. The Hall–Kier alpha value is -2.66. The molecular weight excluding hydrogens is 468 g/mol. The van der Waals surface area contributed by atoms with Gasteiger partial charge in [0.05, 0.1) is 34.7 Å². The highest BCUT2D eigenvalue weighted by Crippen LogP contribution is 2.24. The van der Waals surface area contributed by atoms with Crippen molar-refractivity contribution < 1.29 is 9.21 Å². The Labute approximate surface area is 206 Å². The van der Waals surface area contributed by atoms with Crippen molar-refractivity contribution in [1.82, 2.24) is 29.9 Å². The standard InChI is InChI=1S/C24H28N6O2S2/c1-2-9-30(15-21-26-27-24(32-21)20-8-5-14-33-20)23(31)17-29-12-10-28(11-13-29)16-22-25-18-6-3-4-7-19(18)34-22/h3-8,14H,2,9-13,15-17H2,1H3. The number of amides is 1. The summed E-state index contributed by atoms with van der Waals surface area (Å²) in [5.41, 5.74) is 1.08. The second kappa shape index (κ2) is 10.7. The Kier molecular flexibility index (Phi) is 7.29. The smallest absolute Gasteiger partial charge is 0.257 e. The molecule has 178 valence electrons. The summed E-state index contributed by atoms with van der Waals surface area (Å²) in [6, 6.07) is 12.2. The number of benzene rings is 1. The Bertz CT molecular complexity index is 1180. The summed E-state index contributed by atoms with van der Waals surface area (Å²) in [6.07, 6.45) is 0.883. The van der Waals surface area contributed by atoms with E-state index in [2.05, 4.69) is 45.1 Å². The van der Waals surface area contributed by atoms with E-state index in [-0.39, 0.29) is 5.91 Å². The van der Waals surface area contributed by atoms with Crippen molar-refractivity contribution in [3.05, 3.63) is 52.7 Å². The first-order valence-electron chi connectivity index (χ1n) is 11.6. The molecule has 3 aromatic heterocycles. The summed E-state index contributed by atoms with van der Waals surface area (Å²) >= 11 is 3.33. The second-order valence-corrected chi connectivity index (χ2v) is 10.5. The third kappa shape index (κ3) is 5.52. The van der Waals surface area contributed by atoms with Gasteiger partial charge in [-0.15, -0.1) is 32.9 Å². The van der Waals surface area contributed by atoms with Crippen LogP contribution >= 0.6 is 22.7 Å². The van der Waals surface area contributed by atoms with Gasteiger partial charge in [0.2, 0.25) is 11.8 Å². The van der Waals surface area contributed by atoms with Gasteiger partial charge in [-0.25, -0.2) is 4.98 Å². The molecule has 34 heavy (non-hydrogen) atoms. The number of para-hydroxylation sites is 1. The Morgan fingerprint density at radius 2 is 1.91 bits per heavy atom. The van der Waals surface area contributed by atoms with E-state index >= 15 is 0 Å². The van der Waals surface area contributed by atoms with E-state index in [0.717, 1.165) is 54.5 Å². The summed E-state index contributed by atoms with van der Waals surface area (Å²) in [6.45, 7) is 8.00. The number of hydrogen-bond donors (Lipinski definition) is 0. The van der Waals surface area contributed by atoms with E-state index in [1.807, 2.05) is 28.5 Å². The fraction of sp³-hybridized carbons (Fsp3) is 0.417. The number of fused-ring (bicyclic) bond motifs is 1. The number of carbonyl (C=O) groups is 1. The largest absolute Gasteiger partial charge is 0.418 e. The SMILES string of the molecule is CCCN(Cc1nnc(-c2cccs2)o1)C(=O)CN1CCN(Cc2nc3ccccc3s2)CC1. The van der Waals surface area contributed by atoms with Crippen LogP contribution in [0.5, 0.6) is 0 Å². The van der Waals surface area contributed by atoms with Crippen molar-refractivity contribution >= 4 is 38.8 Å². The molecule has 4 aromatic rings. The fourth-order valence-electron chi connectivity index (χ4n) is 4.12. The van der Waals surface area contributed by atoms with Crippen molar-refractivity contribution in [2.75, 3.05) is 39.3 Å². The number of aromatic nitrogens is 3. The maximum Gasteiger partial charge on any atom is 0.257 e. The number of nitrogens with zero attached hydrogens (tertiary/aromatic N) is 6. The first kappa shape index (κ1) is 23.1. The van der Waals surface area contributed by atoms with Crippen LogP contribution < -0.4 is 0 Å². The lowest BCUT2D eigenvalue weighted by Gasteiger charge is -2.34. The van der Waals surface area contributed by atoms with Gasteiger partial charge in [-0.3, -0.25) is 14.6 Å². The molecule has 8 nitrogen and oxygen atoms in total. The summed E-state index contributed by atoms with van der Waals surface area (Å²) in [7, 11) is 0. The first-order chi connectivity index (χ1) is 16.7. The number of hydrogen-bond acceptors (Lipinski definition) is 9. The van der Waals surface area contributed by atoms with Crippen LogP contribution in [0, 0.1) is 0 Å². The topological polar surface area (TPSA) is 78.6 Å². The molecule has 1 aromatic carbocycles. The van der Waals surface area contributed by atoms with Crippen LogP contribution in [-0.4, -0.2) is 75.1 Å². The predicted octanol–water partition coefficient (Wildman–Crippen LogP) is 3.96. The Morgan fingerprint density at radius 1 is 1.09 bits per heavy atom. The zero-order chi connectivity index (χ0) is 23.3. The van der Waals surface area contributed by atoms with Crippen molar-refractivity contribution in [3.63, 3.8) is 0 Å². The molecule has 5 rings (SSSR count). The maximum absolute atomic E-state index is 13.1. The Morgan fingerprint density at radius 3 is 2.68 bits per heavy atom. The summed E-state index contributed by atoms with van der Waals surface area (Å²) in [5, 5.41) is 11.4. The molecule has 0 radical (unpaired) electrons. The summed E-state index contributed by atoms with van der Waals surface area (Å²) < 4.78 is 7.04. The van der Waals surface area contributed by atoms with Gasteiger partial charge in [0.1, 0.15) is 5.01 Å². The Balaban J connectivity index is 1.12. The van der Waals surface area contributed by atoms with E-state index in [1.54, 1.807) is 22.7 Å². The average Bonchev–Trinajstić information content (AvgIpc) is 3.60. The number of piperazine rings is 1. The molecule has 0 saturated carbocycles. The quantitative estimate of drug-likeness (QED) is 0.347. The van der Waals surface area contributed by atoms with Crippen molar-refractivity contribution in [1.29, 1.82) is 0 Å². The number of thiophene rings is 1. The zero-order valence-corrected chi connectivity index (χ0v) is 20.9. The van der Waals surface area contributed by atoms with E-state index < -0.39 is 0 Å². The highest BCUT2D eigenvalue weighted by Gasteiger charge is 2.23. The van der Waals surface area contributed by atoms with Gasteiger partial charge in [-0.1, -0.05) is 25.1 Å². The van der Waals surface area contributed by atoms with Crippen LogP contribution in [0.15, 0.2) is 46.2 Å². The monoisotopic (exact) mass is 496 g/mol. The minimum atomic E-state index is 0.109. The van der Waals surface area contributed by atoms with Crippen LogP contribution in [0.3, 0.4) is 0 Å². The number of thiazole rings is 1. The van der Waals surface area contributed by atoms with Crippen LogP contribution in [0.4, 0.5) is 0 Å². The number of carbonyl (C=O) groups excluding carboxylic acids is 1. The van der Waals surface area contributed by atoms with Gasteiger partial charge < -0.3 is 9.32 Å². The highest BCUT2D eigenvalue weighted by molar-refractivity contribution is 7.18. The third-order valence-electron chi connectivity index (χ3n) is 5.89. The lowest BCUT2D eigenvalue weighted by molar-refractivity contribution is -0.133. The van der Waals surface area contributed by atoms with Crippen molar-refractivity contribution in [2.24, 2.45) is 0 Å². The van der Waals surface area contributed by atoms with E-state index in [0.29, 0.717) is 31.4 Å². The van der Waals surface area contributed by atoms with Crippen LogP contribution in [0.1, 0.15) is 24.2 Å². The molecule has 0 bridgehead atoms. The molecule has 0 unspecified atom stereocenters. The van der Waals surface area contributed by atoms with Gasteiger partial charge in [-0.2, -0.15) is 0 Å². The molecule has 4 heterocycles. The molecule has 1 aliphatic heterocycles. The first-order valence-corrected chi connectivity index (χ1v) is 13.3. The normalized spacial score (nSPS) is 15.2. The van der Waals surface area contributed by atoms with Gasteiger partial charge in [0, 0.05) is 32.7 Å². The summed E-state index contributed by atoms with van der Waals surface area (Å²) in [4.78, 5) is 25.3. The molecule has 0 N–H and O–H groups in total. The molecule has 1 aliphatic rings. The van der Waals surface area contributed by atoms with E-state index in [9.17, 15) is 4.79 Å². The average molecular weight is 497 g/mol. The maximum atomic E-state index is 13.1. The molecule has 1 amide bonds. The molecule has 10 heteroatoms. The molecule has 0 spiro atoms. The van der Waals surface area contributed by atoms with Crippen LogP contribution in [0.2, 0.25) is 0 Å². The van der Waals surface area contributed by atoms with Gasteiger partial charge >= 0.3 is 0 Å². The van der Waals surface area contributed by atoms with Gasteiger partial charge in [0.25, 0.3) is 5.89 Å². The fourth-order valence-corrected chi connectivity index (χ4v) is 5.77. The van der Waals surface area contributed by atoms with Crippen LogP contribution in [0.25, 0.3) is 21.0 Å². The molecular formula is C24H28N6O2S2. The highest BCUT2D eigenvalue weighted by atomic mass is 32.1. The zero-order valence-electron chi connectivity index (χ0n) is 19.2. The van der Waals surface area contributed by atoms with Gasteiger partial charge in [0.15, 0.2) is 0 Å². The van der Waals surface area contributed by atoms with Crippen molar-refractivity contribution in [2.45, 2.75) is 26.4 Å². The van der Waals surface area contributed by atoms with E-state index in [4.69, 9.17) is 9.40 Å². The van der Waals surface area contributed by atoms with Crippen molar-refractivity contribution in [3.8, 4) is 10.8 Å². The lowest BCUT2D eigenvalue weighted by Crippen LogP contribution is -2.49.